The zero-order valence-electron chi connectivity index (χ0n) is 8.13. The minimum absolute atomic E-state index is 0.0770. The summed E-state index contributed by atoms with van der Waals surface area (Å²) in [6, 6.07) is 10.1. The largest absolute Gasteiger partial charge is 0.291 e. The first kappa shape index (κ1) is 9.46. The van der Waals surface area contributed by atoms with E-state index in [4.69, 9.17) is 0 Å². The number of amides is 1. The van der Waals surface area contributed by atoms with Crippen LogP contribution in [0.15, 0.2) is 61.0 Å². The number of carbonyl (C=O) groups excluding carboxylic acids is 1. The Labute approximate surface area is 88.8 Å². The molecule has 2 heteroatoms. The van der Waals surface area contributed by atoms with Crippen LogP contribution >= 0.6 is 0 Å². The highest BCUT2D eigenvalue weighted by molar-refractivity contribution is 5.95. The van der Waals surface area contributed by atoms with Gasteiger partial charge < -0.3 is 0 Å². The number of hydrogen-bond acceptors (Lipinski definition) is 1. The molecule has 0 bridgehead atoms. The summed E-state index contributed by atoms with van der Waals surface area (Å²) in [7, 11) is 0. The molecule has 1 aromatic rings. The third-order valence-corrected chi connectivity index (χ3v) is 2.00. The highest BCUT2D eigenvalue weighted by atomic mass is 16.2. The summed E-state index contributed by atoms with van der Waals surface area (Å²) in [4.78, 5) is 13.5. The van der Waals surface area contributed by atoms with Crippen LogP contribution < -0.4 is 0 Å². The SMILES string of the molecule is O=C(c1[c]cccc1)N1C=CC=CC=C1. The molecule has 15 heavy (non-hydrogen) atoms. The normalized spacial score (nSPS) is 14.0. The second-order valence-electron chi connectivity index (χ2n) is 3.06. The summed E-state index contributed by atoms with van der Waals surface area (Å²) < 4.78 is 0. The number of hydrogen-bond donors (Lipinski definition) is 0. The Kier molecular flexibility index (Phi) is 2.79. The highest BCUT2D eigenvalue weighted by Crippen LogP contribution is 2.07. The molecule has 1 heterocycles. The average molecular weight is 196 g/mol. The standard InChI is InChI=1S/C13H10NO/c15-13(12-8-4-3-5-9-12)14-10-6-1-2-7-11-14/h1-8,10-11H. The molecule has 1 aromatic carbocycles. The Balaban J connectivity index is 2.22. The topological polar surface area (TPSA) is 20.3 Å². The molecule has 2 rings (SSSR count). The Morgan fingerprint density at radius 3 is 2.40 bits per heavy atom. The lowest BCUT2D eigenvalue weighted by Crippen LogP contribution is -2.19. The van der Waals surface area contributed by atoms with Crippen LogP contribution in [0.25, 0.3) is 0 Å². The van der Waals surface area contributed by atoms with Gasteiger partial charge in [0.25, 0.3) is 5.91 Å². The van der Waals surface area contributed by atoms with Crippen LogP contribution in [-0.2, 0) is 0 Å². The van der Waals surface area contributed by atoms with Gasteiger partial charge in [0.2, 0.25) is 0 Å². The van der Waals surface area contributed by atoms with Gasteiger partial charge >= 0.3 is 0 Å². The van der Waals surface area contributed by atoms with Crippen molar-refractivity contribution in [3.8, 4) is 0 Å². The van der Waals surface area contributed by atoms with Gasteiger partial charge in [-0.3, -0.25) is 9.69 Å². The molecule has 0 saturated carbocycles. The molecule has 0 atom stereocenters. The van der Waals surface area contributed by atoms with E-state index in [0.29, 0.717) is 5.56 Å². The fraction of sp³-hybridized carbons (Fsp3) is 0. The molecule has 0 unspecified atom stereocenters. The van der Waals surface area contributed by atoms with Gasteiger partial charge in [0, 0.05) is 18.0 Å². The molecule has 2 nitrogen and oxygen atoms in total. The summed E-state index contributed by atoms with van der Waals surface area (Å²) in [5.41, 5.74) is 0.564. The second-order valence-corrected chi connectivity index (χ2v) is 3.06. The first-order valence-electron chi connectivity index (χ1n) is 4.69. The summed E-state index contributed by atoms with van der Waals surface area (Å²) in [6.45, 7) is 0. The predicted molar refractivity (Wildman–Crippen MR) is 58.9 cm³/mol. The maximum atomic E-state index is 11.9. The first-order valence-corrected chi connectivity index (χ1v) is 4.69. The van der Waals surface area contributed by atoms with Crippen molar-refractivity contribution < 1.29 is 4.79 Å². The van der Waals surface area contributed by atoms with E-state index in [-0.39, 0.29) is 5.91 Å². The van der Waals surface area contributed by atoms with Crippen LogP contribution in [-0.4, -0.2) is 10.8 Å². The van der Waals surface area contributed by atoms with Gasteiger partial charge in [-0.25, -0.2) is 0 Å². The van der Waals surface area contributed by atoms with Gasteiger partial charge in [0.05, 0.1) is 0 Å². The number of nitrogens with zero attached hydrogens (tertiary/aromatic N) is 1. The summed E-state index contributed by atoms with van der Waals surface area (Å²) in [5.74, 6) is -0.0770. The van der Waals surface area contributed by atoms with Gasteiger partial charge in [-0.1, -0.05) is 30.4 Å². The molecule has 1 amide bonds. The molecule has 0 saturated heterocycles. The van der Waals surface area contributed by atoms with Crippen molar-refractivity contribution in [1.82, 2.24) is 4.90 Å². The first-order chi connectivity index (χ1) is 7.38. The van der Waals surface area contributed by atoms with Crippen molar-refractivity contribution in [3.05, 3.63) is 72.6 Å². The number of rotatable bonds is 1. The minimum atomic E-state index is -0.0770. The third-order valence-electron chi connectivity index (χ3n) is 2.00. The van der Waals surface area contributed by atoms with Gasteiger partial charge in [0.1, 0.15) is 0 Å². The van der Waals surface area contributed by atoms with Crippen molar-refractivity contribution in [2.45, 2.75) is 0 Å². The molecular formula is C13H10NO. The van der Waals surface area contributed by atoms with E-state index in [1.165, 1.54) is 4.90 Å². The van der Waals surface area contributed by atoms with Gasteiger partial charge in [0.15, 0.2) is 0 Å². The highest BCUT2D eigenvalue weighted by Gasteiger charge is 2.10. The number of carbonyl (C=O) groups is 1. The summed E-state index contributed by atoms with van der Waals surface area (Å²) >= 11 is 0. The fourth-order valence-corrected chi connectivity index (χ4v) is 1.26. The van der Waals surface area contributed by atoms with Crippen molar-refractivity contribution in [2.24, 2.45) is 0 Å². The van der Waals surface area contributed by atoms with E-state index in [1.54, 1.807) is 24.5 Å². The van der Waals surface area contributed by atoms with E-state index >= 15 is 0 Å². The molecule has 1 radical (unpaired) electrons. The predicted octanol–water partition coefficient (Wildman–Crippen LogP) is 2.53. The molecule has 0 aromatic heterocycles. The van der Waals surface area contributed by atoms with Gasteiger partial charge in [-0.15, -0.1) is 0 Å². The van der Waals surface area contributed by atoms with E-state index < -0.39 is 0 Å². The summed E-state index contributed by atoms with van der Waals surface area (Å²) in [6.07, 6.45) is 10.8. The molecule has 0 aliphatic carbocycles. The Hall–Kier alpha value is -2.09. The third kappa shape index (κ3) is 2.23. The smallest absolute Gasteiger partial charge is 0.262 e. The van der Waals surface area contributed by atoms with Crippen LogP contribution in [0.2, 0.25) is 0 Å². The van der Waals surface area contributed by atoms with Crippen LogP contribution in [0.5, 0.6) is 0 Å². The lowest BCUT2D eigenvalue weighted by molar-refractivity contribution is 0.0869. The van der Waals surface area contributed by atoms with E-state index in [1.807, 2.05) is 36.4 Å². The van der Waals surface area contributed by atoms with E-state index in [9.17, 15) is 4.79 Å². The van der Waals surface area contributed by atoms with Gasteiger partial charge in [-0.05, 0) is 24.3 Å². The zero-order chi connectivity index (χ0) is 10.5. The molecular weight excluding hydrogens is 186 g/mol. The molecule has 1 aliphatic rings. The van der Waals surface area contributed by atoms with E-state index in [2.05, 4.69) is 6.07 Å². The second kappa shape index (κ2) is 4.42. The maximum Gasteiger partial charge on any atom is 0.262 e. The maximum absolute atomic E-state index is 11.9. The fourth-order valence-electron chi connectivity index (χ4n) is 1.26. The van der Waals surface area contributed by atoms with Gasteiger partial charge in [-0.2, -0.15) is 0 Å². The molecule has 0 fully saturated rings. The minimum Gasteiger partial charge on any atom is -0.291 e. The number of benzene rings is 1. The van der Waals surface area contributed by atoms with Crippen molar-refractivity contribution in [3.63, 3.8) is 0 Å². The van der Waals surface area contributed by atoms with Crippen LogP contribution in [0.4, 0.5) is 0 Å². The van der Waals surface area contributed by atoms with E-state index in [0.717, 1.165) is 0 Å². The Bertz CT molecular complexity index is 413. The van der Waals surface area contributed by atoms with Crippen LogP contribution in [0.3, 0.4) is 0 Å². The van der Waals surface area contributed by atoms with Crippen LogP contribution in [0.1, 0.15) is 10.4 Å². The average Bonchev–Trinajstić information content (AvgIpc) is 2.58. The van der Waals surface area contributed by atoms with Crippen molar-refractivity contribution >= 4 is 5.91 Å². The lowest BCUT2D eigenvalue weighted by Gasteiger charge is -2.11. The quantitative estimate of drug-likeness (QED) is 0.675. The zero-order valence-corrected chi connectivity index (χ0v) is 8.13. The molecule has 0 spiro atoms. The lowest BCUT2D eigenvalue weighted by atomic mass is 10.2. The number of allylic oxidation sites excluding steroid dienone is 4. The Morgan fingerprint density at radius 2 is 1.80 bits per heavy atom. The monoisotopic (exact) mass is 196 g/mol. The van der Waals surface area contributed by atoms with Crippen molar-refractivity contribution in [1.29, 1.82) is 0 Å². The molecule has 73 valence electrons. The van der Waals surface area contributed by atoms with Crippen molar-refractivity contribution in [2.75, 3.05) is 0 Å². The Morgan fingerprint density at radius 1 is 1.07 bits per heavy atom. The molecule has 0 N–H and O–H groups in total. The molecule has 1 aliphatic heterocycles. The summed E-state index contributed by atoms with van der Waals surface area (Å²) in [5, 5.41) is 0. The van der Waals surface area contributed by atoms with Crippen LogP contribution in [0, 0.1) is 6.07 Å².